The fourth-order valence-corrected chi connectivity index (χ4v) is 5.76. The van der Waals surface area contributed by atoms with E-state index in [2.05, 4.69) is 39.6 Å². The number of aromatic nitrogens is 1. The van der Waals surface area contributed by atoms with Crippen LogP contribution >= 0.6 is 0 Å². The van der Waals surface area contributed by atoms with Crippen LogP contribution in [-0.2, 0) is 17.8 Å². The number of nitrogens with zero attached hydrogens (tertiary/aromatic N) is 1. The van der Waals surface area contributed by atoms with E-state index in [0.717, 1.165) is 32.4 Å². The van der Waals surface area contributed by atoms with Gasteiger partial charge in [-0.15, -0.1) is 0 Å². The quantitative estimate of drug-likeness (QED) is 0.353. The average molecular weight is 354 g/mol. The molecule has 1 aliphatic carbocycles. The number of piperidine rings is 1. The molecule has 6 heteroatoms. The van der Waals surface area contributed by atoms with Crippen molar-refractivity contribution < 1.29 is 9.90 Å². The molecule has 2 aromatic rings. The fraction of sp³-hybridized carbons (Fsp3) is 0.550. The minimum absolute atomic E-state index is 0.206. The number of nitrogens with two attached hydrogens (primary N) is 1. The maximum atomic E-state index is 12.3. The molecule has 0 spiro atoms. The van der Waals surface area contributed by atoms with Gasteiger partial charge in [-0.05, 0) is 42.7 Å². The van der Waals surface area contributed by atoms with Crippen LogP contribution in [0.5, 0.6) is 0 Å². The first-order valence-electron chi connectivity index (χ1n) is 9.66. The summed E-state index contributed by atoms with van der Waals surface area (Å²) in [4.78, 5) is 18.5. The summed E-state index contributed by atoms with van der Waals surface area (Å²) in [5.41, 5.74) is 6.27. The number of para-hydroxylation sites is 1. The Labute approximate surface area is 152 Å². The van der Waals surface area contributed by atoms with E-state index < -0.39 is 6.10 Å². The molecular formula is C20H26N4O2. The first-order chi connectivity index (χ1) is 12.7. The molecule has 5 N–H and O–H groups in total. The third-order valence-corrected chi connectivity index (χ3v) is 6.99. The molecule has 5 atom stereocenters. The van der Waals surface area contributed by atoms with Gasteiger partial charge in [-0.2, -0.15) is 0 Å². The van der Waals surface area contributed by atoms with Gasteiger partial charge in [-0.3, -0.25) is 15.1 Å². The number of carbonyl (C=O) groups excluding carboxylic acids is 1. The summed E-state index contributed by atoms with van der Waals surface area (Å²) in [6.07, 6.45) is 3.05. The van der Waals surface area contributed by atoms with Crippen LogP contribution in [0.3, 0.4) is 0 Å². The molecule has 3 heterocycles. The van der Waals surface area contributed by atoms with Gasteiger partial charge >= 0.3 is 0 Å². The molecule has 1 saturated carbocycles. The summed E-state index contributed by atoms with van der Waals surface area (Å²) in [7, 11) is 0. The Bertz CT molecular complexity index is 847. The number of hydrogen-bond donors (Lipinski definition) is 4. The van der Waals surface area contributed by atoms with Crippen molar-refractivity contribution in [2.24, 2.45) is 23.6 Å². The number of nitrogens with one attached hydrogen (secondary N) is 2. The van der Waals surface area contributed by atoms with Gasteiger partial charge in [-0.1, -0.05) is 18.2 Å². The lowest BCUT2D eigenvalue weighted by molar-refractivity contribution is -0.139. The Morgan fingerprint density at radius 3 is 3.00 bits per heavy atom. The Morgan fingerprint density at radius 1 is 1.31 bits per heavy atom. The van der Waals surface area contributed by atoms with E-state index in [-0.39, 0.29) is 17.7 Å². The third kappa shape index (κ3) is 2.40. The van der Waals surface area contributed by atoms with E-state index in [4.69, 9.17) is 5.84 Å². The van der Waals surface area contributed by atoms with Crippen molar-refractivity contribution in [1.29, 1.82) is 0 Å². The molecule has 3 aliphatic rings. The monoisotopic (exact) mass is 354 g/mol. The predicted molar refractivity (Wildman–Crippen MR) is 98.9 cm³/mol. The summed E-state index contributed by atoms with van der Waals surface area (Å²) in [6.45, 7) is 1.99. The molecule has 5 rings (SSSR count). The lowest BCUT2D eigenvalue weighted by Gasteiger charge is -2.51. The molecule has 26 heavy (non-hydrogen) atoms. The van der Waals surface area contributed by atoms with Gasteiger partial charge in [0.15, 0.2) is 0 Å². The summed E-state index contributed by atoms with van der Waals surface area (Å²) < 4.78 is 0. The highest BCUT2D eigenvalue weighted by Crippen LogP contribution is 2.45. The molecule has 1 aromatic carbocycles. The van der Waals surface area contributed by atoms with Crippen molar-refractivity contribution in [3.05, 3.63) is 35.5 Å². The molecule has 0 radical (unpaired) electrons. The minimum Gasteiger partial charge on any atom is -0.392 e. The number of hydrazine groups is 1. The predicted octanol–water partition coefficient (Wildman–Crippen LogP) is 1.29. The van der Waals surface area contributed by atoms with E-state index in [0.29, 0.717) is 18.4 Å². The zero-order valence-electron chi connectivity index (χ0n) is 14.8. The maximum absolute atomic E-state index is 12.3. The number of aliphatic hydroxyl groups excluding tert-OH is 1. The van der Waals surface area contributed by atoms with E-state index >= 15 is 0 Å². The third-order valence-electron chi connectivity index (χ3n) is 6.99. The van der Waals surface area contributed by atoms with Gasteiger partial charge in [0.2, 0.25) is 5.91 Å². The van der Waals surface area contributed by atoms with Crippen LogP contribution in [0, 0.1) is 17.8 Å². The normalized spacial score (nSPS) is 34.0. The topological polar surface area (TPSA) is 94.4 Å². The highest BCUT2D eigenvalue weighted by molar-refractivity contribution is 5.85. The molecule has 1 aromatic heterocycles. The number of hydrogen-bond acceptors (Lipinski definition) is 4. The first-order valence-corrected chi connectivity index (χ1v) is 9.66. The Hall–Kier alpha value is -1.89. The highest BCUT2D eigenvalue weighted by Gasteiger charge is 2.48. The van der Waals surface area contributed by atoms with Gasteiger partial charge in [0.25, 0.3) is 0 Å². The van der Waals surface area contributed by atoms with Crippen LogP contribution in [0.4, 0.5) is 0 Å². The SMILES string of the molecule is NNC(=O)[C@H]1[C@H]2C[C@H]3Cc4[nH]c5ccccc5c4CN3C[C@H]2CC[C@H]1O. The van der Waals surface area contributed by atoms with Crippen molar-refractivity contribution in [3.8, 4) is 0 Å². The second-order valence-corrected chi connectivity index (χ2v) is 8.25. The average Bonchev–Trinajstić information content (AvgIpc) is 3.01. The lowest BCUT2D eigenvalue weighted by Crippen LogP contribution is -2.57. The van der Waals surface area contributed by atoms with Crippen LogP contribution in [-0.4, -0.2) is 39.6 Å². The van der Waals surface area contributed by atoms with E-state index in [1.165, 1.54) is 22.2 Å². The number of H-pyrrole nitrogens is 1. The van der Waals surface area contributed by atoms with Crippen LogP contribution in [0.1, 0.15) is 30.5 Å². The lowest BCUT2D eigenvalue weighted by atomic mass is 9.64. The number of amides is 1. The van der Waals surface area contributed by atoms with Crippen LogP contribution in [0.25, 0.3) is 10.9 Å². The zero-order chi connectivity index (χ0) is 17.8. The molecule has 2 fully saturated rings. The summed E-state index contributed by atoms with van der Waals surface area (Å²) >= 11 is 0. The van der Waals surface area contributed by atoms with Crippen LogP contribution in [0.2, 0.25) is 0 Å². The van der Waals surface area contributed by atoms with E-state index in [1.54, 1.807) is 0 Å². The van der Waals surface area contributed by atoms with Gasteiger partial charge in [0.05, 0.1) is 12.0 Å². The number of aliphatic hydroxyl groups is 1. The van der Waals surface area contributed by atoms with Gasteiger partial charge in [0, 0.05) is 42.1 Å². The molecule has 138 valence electrons. The summed E-state index contributed by atoms with van der Waals surface area (Å²) in [5, 5.41) is 11.8. The van der Waals surface area contributed by atoms with Crippen LogP contribution in [0.15, 0.2) is 24.3 Å². The summed E-state index contributed by atoms with van der Waals surface area (Å²) in [6, 6.07) is 8.95. The number of rotatable bonds is 1. The Balaban J connectivity index is 1.45. The van der Waals surface area contributed by atoms with Crippen molar-refractivity contribution in [2.45, 2.75) is 44.4 Å². The van der Waals surface area contributed by atoms with Crippen molar-refractivity contribution in [3.63, 3.8) is 0 Å². The number of benzene rings is 1. The smallest absolute Gasteiger partial charge is 0.239 e. The molecular weight excluding hydrogens is 328 g/mol. The number of carbonyl (C=O) groups is 1. The summed E-state index contributed by atoms with van der Waals surface area (Å²) in [5.74, 6) is 5.50. The van der Waals surface area contributed by atoms with E-state index in [1.807, 2.05) is 0 Å². The second-order valence-electron chi connectivity index (χ2n) is 8.25. The highest BCUT2D eigenvalue weighted by atomic mass is 16.3. The zero-order valence-corrected chi connectivity index (χ0v) is 14.8. The molecule has 1 saturated heterocycles. The second kappa shape index (κ2) is 6.08. The van der Waals surface area contributed by atoms with Crippen molar-refractivity contribution in [1.82, 2.24) is 15.3 Å². The number of fused-ring (bicyclic) bond motifs is 5. The largest absolute Gasteiger partial charge is 0.392 e. The molecule has 2 aliphatic heterocycles. The van der Waals surface area contributed by atoms with Gasteiger partial charge < -0.3 is 10.1 Å². The van der Waals surface area contributed by atoms with E-state index in [9.17, 15) is 9.90 Å². The fourth-order valence-electron chi connectivity index (χ4n) is 5.76. The number of aromatic amines is 1. The standard InChI is InChI=1S/C20H26N4O2/c21-23-20(26)19-14-7-12-8-17-15(13-3-1-2-4-16(13)22-17)10-24(12)9-11(14)5-6-18(19)25/h1-4,11-12,14,18-19,22,25H,5-10,21H2,(H,23,26)/t11-,12+,14+,18-,19+/m1/s1. The molecule has 0 unspecified atom stereocenters. The van der Waals surface area contributed by atoms with Crippen molar-refractivity contribution in [2.75, 3.05) is 6.54 Å². The minimum atomic E-state index is -0.571. The van der Waals surface area contributed by atoms with Crippen LogP contribution < -0.4 is 11.3 Å². The molecule has 1 amide bonds. The first kappa shape index (κ1) is 16.3. The maximum Gasteiger partial charge on any atom is 0.239 e. The van der Waals surface area contributed by atoms with Crippen molar-refractivity contribution >= 4 is 16.8 Å². The Morgan fingerprint density at radius 2 is 2.15 bits per heavy atom. The Kier molecular flexibility index (Phi) is 3.81. The molecule has 0 bridgehead atoms. The molecule has 6 nitrogen and oxygen atoms in total. The van der Waals surface area contributed by atoms with Gasteiger partial charge in [0.1, 0.15) is 0 Å². The van der Waals surface area contributed by atoms with Gasteiger partial charge in [-0.25, -0.2) is 5.84 Å².